The molecule has 0 radical (unpaired) electrons. The molecule has 0 saturated carbocycles. The SMILES string of the molecule is COc1cc(CCC2(C[C@H]3CO3)SCCCS2)ccc1O[Si](C)(C)C(C)(C)C. The van der Waals surface area contributed by atoms with Crippen LogP contribution in [0.4, 0.5) is 0 Å². The van der Waals surface area contributed by atoms with Gasteiger partial charge in [-0.25, -0.2) is 0 Å². The summed E-state index contributed by atoms with van der Waals surface area (Å²) in [5.41, 5.74) is 1.34. The first-order chi connectivity index (χ1) is 13.1. The number of hydrogen-bond acceptors (Lipinski definition) is 5. The largest absolute Gasteiger partial charge is 0.541 e. The lowest BCUT2D eigenvalue weighted by Crippen LogP contribution is -2.43. The fraction of sp³-hybridized carbons (Fsp3) is 0.727. The van der Waals surface area contributed by atoms with E-state index < -0.39 is 8.32 Å². The van der Waals surface area contributed by atoms with Crippen molar-refractivity contribution < 1.29 is 13.9 Å². The summed E-state index contributed by atoms with van der Waals surface area (Å²) in [7, 11) is -0.134. The molecule has 2 saturated heterocycles. The molecule has 0 amide bonds. The van der Waals surface area contributed by atoms with E-state index in [1.54, 1.807) is 7.11 Å². The number of ether oxygens (including phenoxy) is 2. The van der Waals surface area contributed by atoms with Gasteiger partial charge in [-0.1, -0.05) is 26.8 Å². The molecule has 1 aromatic rings. The Morgan fingerprint density at radius 2 is 1.86 bits per heavy atom. The molecular weight excluding hydrogens is 404 g/mol. The monoisotopic (exact) mass is 440 g/mol. The predicted molar refractivity (Wildman–Crippen MR) is 126 cm³/mol. The van der Waals surface area contributed by atoms with Crippen molar-refractivity contribution in [2.45, 2.75) is 74.8 Å². The summed E-state index contributed by atoms with van der Waals surface area (Å²) in [5.74, 6) is 4.32. The van der Waals surface area contributed by atoms with E-state index in [0.29, 0.717) is 10.2 Å². The van der Waals surface area contributed by atoms with Crippen LogP contribution in [0.25, 0.3) is 0 Å². The smallest absolute Gasteiger partial charge is 0.250 e. The van der Waals surface area contributed by atoms with Crippen molar-refractivity contribution in [2.75, 3.05) is 25.2 Å². The molecule has 158 valence electrons. The number of methoxy groups -OCH3 is 1. The van der Waals surface area contributed by atoms with Gasteiger partial charge in [0.15, 0.2) is 5.75 Å². The summed E-state index contributed by atoms with van der Waals surface area (Å²) >= 11 is 4.31. The highest BCUT2D eigenvalue weighted by atomic mass is 32.2. The van der Waals surface area contributed by atoms with Crippen LogP contribution in [0.1, 0.15) is 45.6 Å². The van der Waals surface area contributed by atoms with E-state index in [9.17, 15) is 0 Å². The van der Waals surface area contributed by atoms with Gasteiger partial charge in [-0.3, -0.25) is 0 Å². The molecule has 2 aliphatic rings. The summed E-state index contributed by atoms with van der Waals surface area (Å²) in [5, 5.41) is 0.170. The quantitative estimate of drug-likeness (QED) is 0.346. The number of thioether (sulfide) groups is 2. The van der Waals surface area contributed by atoms with Gasteiger partial charge in [0.05, 0.1) is 23.9 Å². The van der Waals surface area contributed by atoms with Crippen molar-refractivity contribution >= 4 is 31.8 Å². The van der Waals surface area contributed by atoms with Crippen LogP contribution in [0.3, 0.4) is 0 Å². The first-order valence-electron chi connectivity index (χ1n) is 10.4. The van der Waals surface area contributed by atoms with Gasteiger partial charge in [0.25, 0.3) is 8.32 Å². The van der Waals surface area contributed by atoms with Crippen LogP contribution >= 0.6 is 23.5 Å². The maximum absolute atomic E-state index is 6.51. The van der Waals surface area contributed by atoms with E-state index in [0.717, 1.165) is 24.5 Å². The molecule has 6 heteroatoms. The minimum absolute atomic E-state index is 0.170. The van der Waals surface area contributed by atoms with Crippen molar-refractivity contribution in [3.05, 3.63) is 23.8 Å². The van der Waals surface area contributed by atoms with Crippen molar-refractivity contribution in [3.63, 3.8) is 0 Å². The molecule has 2 heterocycles. The second kappa shape index (κ2) is 8.82. The normalized spacial score (nSPS) is 22.0. The average molecular weight is 441 g/mol. The second-order valence-electron chi connectivity index (χ2n) is 9.47. The zero-order valence-electron chi connectivity index (χ0n) is 18.3. The van der Waals surface area contributed by atoms with E-state index in [4.69, 9.17) is 13.9 Å². The summed E-state index contributed by atoms with van der Waals surface area (Å²) in [6.07, 6.45) is 5.27. The maximum Gasteiger partial charge on any atom is 0.250 e. The summed E-state index contributed by atoms with van der Waals surface area (Å²) in [6, 6.07) is 6.53. The molecular formula is C22H36O3S2Si. The minimum Gasteiger partial charge on any atom is -0.541 e. The van der Waals surface area contributed by atoms with Crippen LogP contribution in [-0.4, -0.2) is 43.7 Å². The van der Waals surface area contributed by atoms with Crippen molar-refractivity contribution in [1.82, 2.24) is 0 Å². The number of hydrogen-bond donors (Lipinski definition) is 0. The van der Waals surface area contributed by atoms with Crippen LogP contribution in [-0.2, 0) is 11.2 Å². The van der Waals surface area contributed by atoms with Gasteiger partial charge in [-0.15, -0.1) is 23.5 Å². The van der Waals surface area contributed by atoms with Crippen LogP contribution in [0.5, 0.6) is 11.5 Å². The molecule has 3 nitrogen and oxygen atoms in total. The Hall–Kier alpha value is -0.303. The average Bonchev–Trinajstić information content (AvgIpc) is 3.44. The minimum atomic E-state index is -1.88. The number of aryl methyl sites for hydroxylation is 1. The zero-order chi connectivity index (χ0) is 20.4. The summed E-state index contributed by atoms with van der Waals surface area (Å²) in [6.45, 7) is 12.3. The lowest BCUT2D eigenvalue weighted by Gasteiger charge is -2.37. The van der Waals surface area contributed by atoms with E-state index in [1.165, 1.54) is 36.3 Å². The summed E-state index contributed by atoms with van der Waals surface area (Å²) < 4.78 is 18.1. The molecule has 0 bridgehead atoms. The third-order valence-electron chi connectivity index (χ3n) is 6.15. The lowest BCUT2D eigenvalue weighted by atomic mass is 10.0. The zero-order valence-corrected chi connectivity index (χ0v) is 20.9. The highest BCUT2D eigenvalue weighted by Gasteiger charge is 2.41. The van der Waals surface area contributed by atoms with Crippen LogP contribution < -0.4 is 9.16 Å². The maximum atomic E-state index is 6.51. The molecule has 3 rings (SSSR count). The topological polar surface area (TPSA) is 31.0 Å². The van der Waals surface area contributed by atoms with Crippen molar-refractivity contribution in [3.8, 4) is 11.5 Å². The summed E-state index contributed by atoms with van der Waals surface area (Å²) in [4.78, 5) is 0. The molecule has 1 aromatic carbocycles. The van der Waals surface area contributed by atoms with Gasteiger partial charge < -0.3 is 13.9 Å². The molecule has 2 aliphatic heterocycles. The molecule has 0 aromatic heterocycles. The Balaban J connectivity index is 1.69. The van der Waals surface area contributed by atoms with Crippen LogP contribution in [0.2, 0.25) is 18.1 Å². The third-order valence-corrected chi connectivity index (χ3v) is 14.0. The van der Waals surface area contributed by atoms with Crippen LogP contribution in [0, 0.1) is 0 Å². The van der Waals surface area contributed by atoms with E-state index in [-0.39, 0.29) is 5.04 Å². The Bertz CT molecular complexity index is 662. The van der Waals surface area contributed by atoms with Gasteiger partial charge in [-0.05, 0) is 73.0 Å². The molecule has 2 fully saturated rings. The highest BCUT2D eigenvalue weighted by molar-refractivity contribution is 8.18. The van der Waals surface area contributed by atoms with E-state index >= 15 is 0 Å². The van der Waals surface area contributed by atoms with E-state index in [2.05, 4.69) is 75.6 Å². The Morgan fingerprint density at radius 1 is 1.18 bits per heavy atom. The van der Waals surface area contributed by atoms with Crippen LogP contribution in [0.15, 0.2) is 18.2 Å². The van der Waals surface area contributed by atoms with Gasteiger partial charge in [0.1, 0.15) is 5.75 Å². The number of benzene rings is 1. The Kier molecular flexibility index (Phi) is 7.05. The Labute approximate surface area is 180 Å². The standard InChI is InChI=1S/C22H36O3S2Si/c1-21(2,3)28(5,6)25-19-9-8-17(14-20(19)23-4)10-11-22(15-18-16-24-18)26-12-7-13-27-22/h8-9,14,18H,7,10-13,15-16H2,1-6H3/t18-/m0/s1. The van der Waals surface area contributed by atoms with Crippen molar-refractivity contribution in [2.24, 2.45) is 0 Å². The molecule has 0 spiro atoms. The Morgan fingerprint density at radius 3 is 2.43 bits per heavy atom. The molecule has 0 aliphatic carbocycles. The third kappa shape index (κ3) is 5.64. The van der Waals surface area contributed by atoms with Gasteiger partial charge >= 0.3 is 0 Å². The fourth-order valence-corrected chi connectivity index (χ4v) is 7.69. The molecule has 0 unspecified atom stereocenters. The molecule has 1 atom stereocenters. The van der Waals surface area contributed by atoms with E-state index in [1.807, 2.05) is 0 Å². The first-order valence-corrected chi connectivity index (χ1v) is 15.3. The molecule has 28 heavy (non-hydrogen) atoms. The van der Waals surface area contributed by atoms with Gasteiger partial charge in [-0.2, -0.15) is 0 Å². The van der Waals surface area contributed by atoms with Gasteiger partial charge in [0, 0.05) is 0 Å². The lowest BCUT2D eigenvalue weighted by molar-refractivity contribution is 0.383. The number of rotatable bonds is 8. The highest BCUT2D eigenvalue weighted by Crippen LogP contribution is 2.50. The predicted octanol–water partition coefficient (Wildman–Crippen LogP) is 6.37. The fourth-order valence-electron chi connectivity index (χ4n) is 3.23. The first kappa shape index (κ1) is 22.4. The van der Waals surface area contributed by atoms with Crippen molar-refractivity contribution in [1.29, 1.82) is 0 Å². The molecule has 0 N–H and O–H groups in total. The number of epoxide rings is 1. The second-order valence-corrected chi connectivity index (χ2v) is 17.4. The van der Waals surface area contributed by atoms with Gasteiger partial charge in [0.2, 0.25) is 0 Å².